The van der Waals surface area contributed by atoms with Gasteiger partial charge in [0.2, 0.25) is 5.91 Å². The van der Waals surface area contributed by atoms with Crippen molar-refractivity contribution in [3.8, 4) is 0 Å². The molecule has 1 atom stereocenters. The van der Waals surface area contributed by atoms with Gasteiger partial charge in [0.1, 0.15) is 0 Å². The number of carbonyl (C=O) groups is 1. The molecule has 0 aliphatic carbocycles. The average molecular weight is 239 g/mol. The van der Waals surface area contributed by atoms with Crippen LogP contribution in [0.2, 0.25) is 0 Å². The summed E-state index contributed by atoms with van der Waals surface area (Å²) < 4.78 is 1.64. The first-order valence-corrected chi connectivity index (χ1v) is 5.95. The quantitative estimate of drug-likeness (QED) is 0.709. The van der Waals surface area contributed by atoms with Gasteiger partial charge in [-0.3, -0.25) is 9.48 Å². The molecule has 0 aliphatic heterocycles. The maximum absolute atomic E-state index is 11.7. The predicted molar refractivity (Wildman–Crippen MR) is 65.1 cm³/mol. The second-order valence-electron chi connectivity index (χ2n) is 4.55. The molecule has 0 radical (unpaired) electrons. The molecule has 0 spiro atoms. The van der Waals surface area contributed by atoms with E-state index < -0.39 is 0 Å². The van der Waals surface area contributed by atoms with Crippen LogP contribution in [0.5, 0.6) is 0 Å². The third-order valence-corrected chi connectivity index (χ3v) is 2.45. The number of nitrogens with two attached hydrogens (primary N) is 1. The lowest BCUT2D eigenvalue weighted by Gasteiger charge is -2.18. The van der Waals surface area contributed by atoms with Crippen LogP contribution < -0.4 is 11.1 Å². The molecular weight excluding hydrogens is 218 g/mol. The lowest BCUT2D eigenvalue weighted by atomic mass is 10.0. The molecule has 6 nitrogen and oxygen atoms in total. The van der Waals surface area contributed by atoms with Gasteiger partial charge in [0.25, 0.3) is 0 Å². The van der Waals surface area contributed by atoms with Crippen molar-refractivity contribution in [3.63, 3.8) is 0 Å². The number of rotatable bonds is 7. The highest BCUT2D eigenvalue weighted by Crippen LogP contribution is 2.03. The zero-order chi connectivity index (χ0) is 12.7. The molecule has 0 aromatic carbocycles. The summed E-state index contributed by atoms with van der Waals surface area (Å²) in [6, 6.07) is 0.0678. The summed E-state index contributed by atoms with van der Waals surface area (Å²) in [5.74, 6) is 0.538. The van der Waals surface area contributed by atoms with Gasteiger partial charge < -0.3 is 11.1 Å². The summed E-state index contributed by atoms with van der Waals surface area (Å²) >= 11 is 0. The van der Waals surface area contributed by atoms with Crippen molar-refractivity contribution in [1.29, 1.82) is 0 Å². The Morgan fingerprint density at radius 3 is 2.82 bits per heavy atom. The fraction of sp³-hybridized carbons (Fsp3) is 0.727. The van der Waals surface area contributed by atoms with Gasteiger partial charge in [-0.15, -0.1) is 5.10 Å². The van der Waals surface area contributed by atoms with Crippen LogP contribution in [0, 0.1) is 5.92 Å². The molecule has 1 unspecified atom stereocenters. The minimum absolute atomic E-state index is 0.0107. The van der Waals surface area contributed by atoms with Crippen molar-refractivity contribution < 1.29 is 4.79 Å². The van der Waals surface area contributed by atoms with Gasteiger partial charge in [-0.05, 0) is 12.3 Å². The van der Waals surface area contributed by atoms with Gasteiger partial charge in [0, 0.05) is 25.2 Å². The fourth-order valence-electron chi connectivity index (χ4n) is 1.65. The molecule has 1 amide bonds. The van der Waals surface area contributed by atoms with Crippen LogP contribution in [0.15, 0.2) is 12.4 Å². The molecule has 0 aliphatic rings. The Morgan fingerprint density at radius 2 is 2.29 bits per heavy atom. The van der Waals surface area contributed by atoms with Crippen LogP contribution in [0.25, 0.3) is 0 Å². The Kier molecular flexibility index (Phi) is 5.62. The lowest BCUT2D eigenvalue weighted by Crippen LogP contribution is -2.41. The molecule has 96 valence electrons. The predicted octanol–water partition coefficient (Wildman–Crippen LogP) is 0.158. The highest BCUT2D eigenvalue weighted by atomic mass is 16.1. The molecule has 6 heteroatoms. The Labute approximate surface area is 102 Å². The molecule has 1 heterocycles. The first-order chi connectivity index (χ1) is 8.11. The van der Waals surface area contributed by atoms with E-state index in [4.69, 9.17) is 5.73 Å². The molecule has 3 N–H and O–H groups in total. The fourth-order valence-corrected chi connectivity index (χ4v) is 1.65. The largest absolute Gasteiger partial charge is 0.352 e. The van der Waals surface area contributed by atoms with Crippen LogP contribution >= 0.6 is 0 Å². The smallest absolute Gasteiger partial charge is 0.222 e. The highest BCUT2D eigenvalue weighted by molar-refractivity contribution is 5.76. The first-order valence-electron chi connectivity index (χ1n) is 5.95. The molecule has 0 bridgehead atoms. The Morgan fingerprint density at radius 1 is 1.53 bits per heavy atom. The van der Waals surface area contributed by atoms with Crippen molar-refractivity contribution in [3.05, 3.63) is 12.4 Å². The SMILES string of the molecule is CC(C)CC(CN)NC(=O)CCn1ccnn1. The van der Waals surface area contributed by atoms with Gasteiger partial charge in [0.15, 0.2) is 0 Å². The van der Waals surface area contributed by atoms with E-state index in [2.05, 4.69) is 29.5 Å². The number of nitrogens with zero attached hydrogens (tertiary/aromatic N) is 3. The molecule has 0 saturated carbocycles. The van der Waals surface area contributed by atoms with Crippen LogP contribution in [0.3, 0.4) is 0 Å². The third-order valence-electron chi connectivity index (χ3n) is 2.45. The molecule has 0 fully saturated rings. The van der Waals surface area contributed by atoms with Gasteiger partial charge in [0.05, 0.1) is 12.7 Å². The van der Waals surface area contributed by atoms with Crippen molar-refractivity contribution in [2.75, 3.05) is 6.54 Å². The second-order valence-corrected chi connectivity index (χ2v) is 4.55. The van der Waals surface area contributed by atoms with E-state index in [0.29, 0.717) is 25.4 Å². The van der Waals surface area contributed by atoms with E-state index in [9.17, 15) is 4.79 Å². The normalized spacial score (nSPS) is 12.7. The Hall–Kier alpha value is -1.43. The number of carbonyl (C=O) groups excluding carboxylic acids is 1. The number of nitrogens with one attached hydrogen (secondary N) is 1. The summed E-state index contributed by atoms with van der Waals surface area (Å²) in [6.45, 7) is 5.26. The van der Waals surface area contributed by atoms with E-state index in [1.54, 1.807) is 17.1 Å². The molecular formula is C11H21N5O. The second kappa shape index (κ2) is 7.01. The van der Waals surface area contributed by atoms with Crippen molar-refractivity contribution in [1.82, 2.24) is 20.3 Å². The Balaban J connectivity index is 2.27. The monoisotopic (exact) mass is 239 g/mol. The van der Waals surface area contributed by atoms with Crippen LogP contribution in [-0.2, 0) is 11.3 Å². The highest BCUT2D eigenvalue weighted by Gasteiger charge is 2.12. The van der Waals surface area contributed by atoms with Crippen LogP contribution in [-0.4, -0.2) is 33.5 Å². The number of hydrogen-bond acceptors (Lipinski definition) is 4. The van der Waals surface area contributed by atoms with E-state index in [-0.39, 0.29) is 11.9 Å². The third kappa shape index (κ3) is 5.44. The van der Waals surface area contributed by atoms with E-state index in [1.165, 1.54) is 0 Å². The average Bonchev–Trinajstić information content (AvgIpc) is 2.77. The number of hydrogen-bond donors (Lipinski definition) is 2. The molecule has 17 heavy (non-hydrogen) atoms. The summed E-state index contributed by atoms with van der Waals surface area (Å²) in [6.07, 6.45) is 4.64. The number of aromatic nitrogens is 3. The minimum atomic E-state index is 0.0107. The maximum atomic E-state index is 11.7. The summed E-state index contributed by atoms with van der Waals surface area (Å²) in [5.41, 5.74) is 5.62. The van der Waals surface area contributed by atoms with Crippen molar-refractivity contribution in [2.45, 2.75) is 39.3 Å². The standard InChI is InChI=1S/C11H21N5O/c1-9(2)7-10(8-12)14-11(17)3-5-16-6-4-13-15-16/h4,6,9-10H,3,5,7-8,12H2,1-2H3,(H,14,17). The van der Waals surface area contributed by atoms with Crippen molar-refractivity contribution in [2.24, 2.45) is 11.7 Å². The van der Waals surface area contributed by atoms with E-state index >= 15 is 0 Å². The van der Waals surface area contributed by atoms with Crippen LogP contribution in [0.4, 0.5) is 0 Å². The van der Waals surface area contributed by atoms with Gasteiger partial charge >= 0.3 is 0 Å². The molecule has 0 saturated heterocycles. The number of aryl methyl sites for hydroxylation is 1. The topological polar surface area (TPSA) is 85.8 Å². The lowest BCUT2D eigenvalue weighted by molar-refractivity contribution is -0.122. The summed E-state index contributed by atoms with van der Waals surface area (Å²) in [7, 11) is 0. The molecule has 1 aromatic rings. The zero-order valence-electron chi connectivity index (χ0n) is 10.5. The van der Waals surface area contributed by atoms with E-state index in [1.807, 2.05) is 0 Å². The van der Waals surface area contributed by atoms with Crippen molar-refractivity contribution >= 4 is 5.91 Å². The maximum Gasteiger partial charge on any atom is 0.222 e. The minimum Gasteiger partial charge on any atom is -0.352 e. The van der Waals surface area contributed by atoms with Crippen LogP contribution in [0.1, 0.15) is 26.7 Å². The Bertz CT molecular complexity index is 323. The zero-order valence-corrected chi connectivity index (χ0v) is 10.5. The molecule has 1 aromatic heterocycles. The molecule has 1 rings (SSSR count). The van der Waals surface area contributed by atoms with Gasteiger partial charge in [-0.25, -0.2) is 0 Å². The first kappa shape index (κ1) is 13.6. The van der Waals surface area contributed by atoms with Gasteiger partial charge in [-0.1, -0.05) is 19.1 Å². The summed E-state index contributed by atoms with van der Waals surface area (Å²) in [5, 5.41) is 10.4. The van der Waals surface area contributed by atoms with Gasteiger partial charge in [-0.2, -0.15) is 0 Å². The number of amides is 1. The summed E-state index contributed by atoms with van der Waals surface area (Å²) in [4.78, 5) is 11.7. The van der Waals surface area contributed by atoms with E-state index in [0.717, 1.165) is 6.42 Å².